The number of halogens is 1. The Kier molecular flexibility index (Phi) is 7.10. The number of aromatic nitrogens is 4. The van der Waals surface area contributed by atoms with Crippen LogP contribution in [0.1, 0.15) is 31.7 Å². The molecule has 1 atom stereocenters. The third-order valence-electron chi connectivity index (χ3n) is 7.51. The van der Waals surface area contributed by atoms with Crippen LogP contribution in [0.5, 0.6) is 0 Å². The van der Waals surface area contributed by atoms with Crippen LogP contribution in [0.2, 0.25) is 0 Å². The first kappa shape index (κ1) is 29.2. The largest absolute Gasteiger partial charge is 0.353 e. The van der Waals surface area contributed by atoms with Gasteiger partial charge in [0.15, 0.2) is 9.84 Å². The molecule has 11 heteroatoms. The number of hydrogen-bond donors (Lipinski definition) is 4. The molecule has 0 saturated carbocycles. The van der Waals surface area contributed by atoms with Gasteiger partial charge in [-0.25, -0.2) is 12.8 Å². The van der Waals surface area contributed by atoms with Gasteiger partial charge in [0.2, 0.25) is 5.91 Å². The molecule has 0 aliphatic carbocycles. The summed E-state index contributed by atoms with van der Waals surface area (Å²) in [5.41, 5.74) is 12.2. The Hall–Kier alpha value is -4.87. The molecule has 0 bridgehead atoms. The van der Waals surface area contributed by atoms with Gasteiger partial charge in [0.1, 0.15) is 16.9 Å². The quantitative estimate of drug-likeness (QED) is 0.168. The second-order valence-corrected chi connectivity index (χ2v) is 14.1. The van der Waals surface area contributed by atoms with E-state index in [1.165, 1.54) is 6.07 Å². The summed E-state index contributed by atoms with van der Waals surface area (Å²) in [4.78, 5) is 20.3. The smallest absolute Gasteiger partial charge is 0.229 e. The Morgan fingerprint density at radius 3 is 2.48 bits per heavy atom. The van der Waals surface area contributed by atoms with E-state index >= 15 is 0 Å². The van der Waals surface area contributed by atoms with Gasteiger partial charge in [-0.3, -0.25) is 14.9 Å². The highest BCUT2D eigenvalue weighted by atomic mass is 32.2. The number of rotatable bonds is 6. The van der Waals surface area contributed by atoms with Crippen LogP contribution in [0.15, 0.2) is 79.1 Å². The molecule has 0 aliphatic heterocycles. The summed E-state index contributed by atoms with van der Waals surface area (Å²) >= 11 is 0. The summed E-state index contributed by atoms with van der Waals surface area (Å²) in [7, 11) is -3.63. The summed E-state index contributed by atoms with van der Waals surface area (Å²) < 4.78 is 38.8. The molecule has 224 valence electrons. The number of nitrogens with two attached hydrogens (primary N) is 1. The van der Waals surface area contributed by atoms with E-state index in [2.05, 4.69) is 25.5 Å². The highest BCUT2D eigenvalue weighted by Crippen LogP contribution is 2.36. The van der Waals surface area contributed by atoms with Crippen LogP contribution < -0.4 is 11.1 Å². The highest BCUT2D eigenvalue weighted by molar-refractivity contribution is 7.90. The molecule has 3 aromatic heterocycles. The molecule has 0 aliphatic rings. The van der Waals surface area contributed by atoms with Gasteiger partial charge < -0.3 is 16.0 Å². The molecule has 6 rings (SSSR count). The Morgan fingerprint density at radius 2 is 1.73 bits per heavy atom. The van der Waals surface area contributed by atoms with Crippen molar-refractivity contribution in [1.82, 2.24) is 20.2 Å². The van der Waals surface area contributed by atoms with E-state index in [1.807, 2.05) is 69.3 Å². The number of hydrogen-bond acceptors (Lipinski definition) is 6. The number of fused-ring (bicyclic) bond motifs is 2. The molecule has 0 radical (unpaired) electrons. The Balaban J connectivity index is 1.40. The molecule has 1 unspecified atom stereocenters. The van der Waals surface area contributed by atoms with Gasteiger partial charge in [-0.15, -0.1) is 0 Å². The van der Waals surface area contributed by atoms with E-state index in [1.54, 1.807) is 18.5 Å². The number of amides is 1. The third-order valence-corrected chi connectivity index (χ3v) is 8.71. The van der Waals surface area contributed by atoms with Crippen molar-refractivity contribution < 1.29 is 17.6 Å². The number of aromatic amines is 2. The maximum Gasteiger partial charge on any atom is 0.229 e. The normalized spacial score (nSPS) is 13.0. The minimum Gasteiger partial charge on any atom is -0.353 e. The second-order valence-electron chi connectivity index (χ2n) is 12.0. The Morgan fingerprint density at radius 1 is 0.932 bits per heavy atom. The zero-order valence-corrected chi connectivity index (χ0v) is 25.4. The summed E-state index contributed by atoms with van der Waals surface area (Å²) in [6.45, 7) is 5.56. The van der Waals surface area contributed by atoms with E-state index in [0.717, 1.165) is 50.9 Å². The first-order valence-corrected chi connectivity index (χ1v) is 15.9. The minimum atomic E-state index is -3.63. The van der Waals surface area contributed by atoms with E-state index in [0.29, 0.717) is 22.5 Å². The summed E-state index contributed by atoms with van der Waals surface area (Å²) in [6.07, 6.45) is 4.39. The average Bonchev–Trinajstić information content (AvgIpc) is 3.59. The maximum absolute atomic E-state index is 14.7. The molecule has 3 aromatic carbocycles. The number of carbonyl (C=O) groups excluding carboxylic acids is 1. The predicted molar refractivity (Wildman–Crippen MR) is 172 cm³/mol. The average molecular weight is 611 g/mol. The van der Waals surface area contributed by atoms with Crippen LogP contribution >= 0.6 is 0 Å². The Labute approximate surface area is 253 Å². The summed E-state index contributed by atoms with van der Waals surface area (Å²) in [5, 5.41) is 10.9. The van der Waals surface area contributed by atoms with Gasteiger partial charge in [-0.1, -0.05) is 39.0 Å². The lowest BCUT2D eigenvalue weighted by atomic mass is 9.95. The number of H-pyrrole nitrogens is 2. The number of pyridine rings is 1. The fourth-order valence-corrected chi connectivity index (χ4v) is 5.73. The number of nitrogens with one attached hydrogen (secondary N) is 3. The van der Waals surface area contributed by atoms with Crippen molar-refractivity contribution in [3.05, 3.63) is 90.5 Å². The second kappa shape index (κ2) is 10.7. The van der Waals surface area contributed by atoms with Crippen LogP contribution in [0, 0.1) is 11.2 Å². The first-order valence-electron chi connectivity index (χ1n) is 13.9. The van der Waals surface area contributed by atoms with E-state index in [4.69, 9.17) is 5.73 Å². The van der Waals surface area contributed by atoms with Crippen molar-refractivity contribution >= 4 is 43.2 Å². The molecule has 5 N–H and O–H groups in total. The van der Waals surface area contributed by atoms with Crippen molar-refractivity contribution in [1.29, 1.82) is 0 Å². The topological polar surface area (TPSA) is 147 Å². The van der Waals surface area contributed by atoms with Crippen molar-refractivity contribution in [2.24, 2.45) is 11.1 Å². The molecule has 9 nitrogen and oxygen atoms in total. The van der Waals surface area contributed by atoms with Crippen LogP contribution in [0.25, 0.3) is 55.4 Å². The number of carbonyl (C=O) groups is 1. The number of benzene rings is 3. The van der Waals surface area contributed by atoms with Crippen molar-refractivity contribution in [2.75, 3.05) is 11.6 Å². The Bertz CT molecular complexity index is 2180. The van der Waals surface area contributed by atoms with Gasteiger partial charge >= 0.3 is 0 Å². The van der Waals surface area contributed by atoms with Crippen LogP contribution in [-0.4, -0.2) is 40.7 Å². The molecule has 0 fully saturated rings. The lowest BCUT2D eigenvalue weighted by Crippen LogP contribution is -2.27. The first-order chi connectivity index (χ1) is 20.8. The number of nitrogens with zero attached hydrogens (tertiary/aromatic N) is 2. The minimum absolute atomic E-state index is 0.102. The lowest BCUT2D eigenvalue weighted by molar-refractivity contribution is -0.123. The van der Waals surface area contributed by atoms with Crippen LogP contribution in [0.4, 0.5) is 10.1 Å². The SMILES string of the molecule is CC(C)(C)C(=O)Nc1cncc(-c2ccc3[nH]nc(-c4cc5c(-c6cc(F)cc(C(N)S(C)(=O)=O)c6)cccc5[nH]4)c3c2)c1. The third kappa shape index (κ3) is 5.59. The van der Waals surface area contributed by atoms with Gasteiger partial charge in [0, 0.05) is 39.7 Å². The maximum atomic E-state index is 14.7. The molecular weight excluding hydrogens is 579 g/mol. The van der Waals surface area contributed by atoms with Gasteiger partial charge in [0.25, 0.3) is 0 Å². The molecule has 3 heterocycles. The summed E-state index contributed by atoms with van der Waals surface area (Å²) in [5.74, 6) is -0.679. The predicted octanol–water partition coefficient (Wildman–Crippen LogP) is 6.57. The van der Waals surface area contributed by atoms with Crippen LogP contribution in [-0.2, 0) is 14.6 Å². The highest BCUT2D eigenvalue weighted by Gasteiger charge is 2.22. The molecule has 1 amide bonds. The van der Waals surface area contributed by atoms with Crippen molar-refractivity contribution in [2.45, 2.75) is 26.1 Å². The molecule has 44 heavy (non-hydrogen) atoms. The van der Waals surface area contributed by atoms with Crippen molar-refractivity contribution in [3.63, 3.8) is 0 Å². The zero-order chi connectivity index (χ0) is 31.4. The monoisotopic (exact) mass is 610 g/mol. The fourth-order valence-electron chi connectivity index (χ4n) is 5.10. The zero-order valence-electron chi connectivity index (χ0n) is 24.6. The standard InChI is InChI=1S/C33H31FN6O3S/c1-33(2,3)32(41)37-23-13-21(16-36-17-23)18-8-9-28-26(14-18)30(40-39-28)29-15-25-24(6-5-7-27(25)38-29)19-10-20(12-22(34)11-19)31(35)44(4,42)43/h5-17,31,38H,35H2,1-4H3,(H,37,41)(H,39,40). The van der Waals surface area contributed by atoms with Gasteiger partial charge in [-0.2, -0.15) is 5.10 Å². The van der Waals surface area contributed by atoms with Crippen LogP contribution in [0.3, 0.4) is 0 Å². The van der Waals surface area contributed by atoms with Gasteiger partial charge in [0.05, 0.1) is 23.1 Å². The lowest BCUT2D eigenvalue weighted by Gasteiger charge is -2.17. The molecule has 0 saturated heterocycles. The van der Waals surface area contributed by atoms with E-state index in [-0.39, 0.29) is 11.5 Å². The summed E-state index contributed by atoms with van der Waals surface area (Å²) in [6, 6.07) is 19.5. The van der Waals surface area contributed by atoms with E-state index in [9.17, 15) is 17.6 Å². The van der Waals surface area contributed by atoms with E-state index < -0.39 is 26.4 Å². The van der Waals surface area contributed by atoms with Crippen molar-refractivity contribution in [3.8, 4) is 33.6 Å². The number of anilines is 1. The molecule has 0 spiro atoms. The van der Waals surface area contributed by atoms with Gasteiger partial charge in [-0.05, 0) is 70.8 Å². The fraction of sp³-hybridized carbons (Fsp3) is 0.182. The molecular formula is C33H31FN6O3S. The number of sulfone groups is 1. The molecule has 6 aromatic rings.